The Balaban J connectivity index is 1.89. The monoisotopic (exact) mass is 260 g/mol. The third-order valence-electron chi connectivity index (χ3n) is 4.09. The van der Waals surface area contributed by atoms with Crippen molar-refractivity contribution in [1.29, 1.82) is 0 Å². The Morgan fingerprint density at radius 3 is 2.37 bits per heavy atom. The first-order valence-electron chi connectivity index (χ1n) is 7.20. The molecule has 1 amide bonds. The molecule has 3 nitrogen and oxygen atoms in total. The van der Waals surface area contributed by atoms with E-state index in [0.29, 0.717) is 12.6 Å². The molecule has 2 rings (SSSR count). The van der Waals surface area contributed by atoms with Gasteiger partial charge in [0, 0.05) is 25.8 Å². The molecule has 1 fully saturated rings. The van der Waals surface area contributed by atoms with Crippen LogP contribution in [0.15, 0.2) is 30.3 Å². The summed E-state index contributed by atoms with van der Waals surface area (Å²) in [7, 11) is 3.93. The number of amides is 1. The predicted octanol–water partition coefficient (Wildman–Crippen LogP) is 2.91. The Labute approximate surface area is 116 Å². The van der Waals surface area contributed by atoms with Crippen molar-refractivity contribution in [3.8, 4) is 0 Å². The molecule has 0 bridgehead atoms. The minimum absolute atomic E-state index is 0.221. The maximum absolute atomic E-state index is 12.3. The quantitative estimate of drug-likeness (QED) is 0.831. The minimum Gasteiger partial charge on any atom is -0.365 e. The number of anilines is 1. The van der Waals surface area contributed by atoms with Gasteiger partial charge in [0.2, 0.25) is 5.91 Å². The van der Waals surface area contributed by atoms with Gasteiger partial charge < -0.3 is 9.80 Å². The minimum atomic E-state index is 0.221. The predicted molar refractivity (Wildman–Crippen MR) is 79.4 cm³/mol. The zero-order valence-electron chi connectivity index (χ0n) is 12.0. The van der Waals surface area contributed by atoms with Crippen molar-refractivity contribution in [3.63, 3.8) is 0 Å². The fourth-order valence-electron chi connectivity index (χ4n) is 2.76. The smallest absolute Gasteiger partial charge is 0.242 e. The summed E-state index contributed by atoms with van der Waals surface area (Å²) in [6.45, 7) is 0.455. The van der Waals surface area contributed by atoms with E-state index in [1.54, 1.807) is 0 Å². The van der Waals surface area contributed by atoms with Crippen LogP contribution < -0.4 is 4.90 Å². The highest BCUT2D eigenvalue weighted by molar-refractivity contribution is 5.81. The van der Waals surface area contributed by atoms with E-state index in [1.807, 2.05) is 54.2 Å². The van der Waals surface area contributed by atoms with E-state index in [4.69, 9.17) is 0 Å². The molecule has 0 radical (unpaired) electrons. The molecular formula is C16H24N2O. The van der Waals surface area contributed by atoms with E-state index in [2.05, 4.69) is 0 Å². The van der Waals surface area contributed by atoms with E-state index in [1.165, 1.54) is 19.3 Å². The van der Waals surface area contributed by atoms with Crippen molar-refractivity contribution in [2.24, 2.45) is 0 Å². The number of benzene rings is 1. The fraction of sp³-hybridized carbons (Fsp3) is 0.562. The molecule has 1 aliphatic carbocycles. The Morgan fingerprint density at radius 1 is 1.11 bits per heavy atom. The zero-order valence-corrected chi connectivity index (χ0v) is 12.0. The summed E-state index contributed by atoms with van der Waals surface area (Å²) in [5.74, 6) is 0.221. The SMILES string of the molecule is CN(CC(=O)N(C)C1CCCCC1)c1ccccc1. The molecule has 1 aliphatic rings. The van der Waals surface area contributed by atoms with Crippen molar-refractivity contribution in [1.82, 2.24) is 4.90 Å². The van der Waals surface area contributed by atoms with Gasteiger partial charge in [-0.1, -0.05) is 37.5 Å². The van der Waals surface area contributed by atoms with Crippen LogP contribution in [-0.4, -0.2) is 37.5 Å². The van der Waals surface area contributed by atoms with Gasteiger partial charge in [0.05, 0.1) is 6.54 Å². The van der Waals surface area contributed by atoms with Gasteiger partial charge in [-0.3, -0.25) is 4.79 Å². The van der Waals surface area contributed by atoms with Crippen molar-refractivity contribution >= 4 is 11.6 Å². The number of carbonyl (C=O) groups excluding carboxylic acids is 1. The molecule has 3 heteroatoms. The van der Waals surface area contributed by atoms with Gasteiger partial charge in [0.15, 0.2) is 0 Å². The highest BCUT2D eigenvalue weighted by Crippen LogP contribution is 2.22. The summed E-state index contributed by atoms with van der Waals surface area (Å²) < 4.78 is 0. The van der Waals surface area contributed by atoms with Gasteiger partial charge in [-0.2, -0.15) is 0 Å². The molecule has 0 aliphatic heterocycles. The first-order chi connectivity index (χ1) is 9.18. The van der Waals surface area contributed by atoms with Crippen molar-refractivity contribution in [3.05, 3.63) is 30.3 Å². The van der Waals surface area contributed by atoms with Gasteiger partial charge in [0.25, 0.3) is 0 Å². The molecule has 0 saturated heterocycles. The molecule has 104 valence electrons. The Hall–Kier alpha value is -1.51. The Bertz CT molecular complexity index is 398. The van der Waals surface area contributed by atoms with Crippen molar-refractivity contribution in [2.75, 3.05) is 25.5 Å². The standard InChI is InChI=1S/C16H24N2O/c1-17(14-9-5-3-6-10-14)13-16(19)18(2)15-11-7-4-8-12-15/h3,5-6,9-10,15H,4,7-8,11-13H2,1-2H3. The lowest BCUT2D eigenvalue weighted by Crippen LogP contribution is -2.43. The van der Waals surface area contributed by atoms with Crippen LogP contribution in [0.3, 0.4) is 0 Å². The molecular weight excluding hydrogens is 236 g/mol. The second-order valence-electron chi connectivity index (χ2n) is 5.49. The molecule has 0 unspecified atom stereocenters. The summed E-state index contributed by atoms with van der Waals surface area (Å²) in [6.07, 6.45) is 6.17. The highest BCUT2D eigenvalue weighted by Gasteiger charge is 2.22. The molecule has 1 saturated carbocycles. The van der Waals surface area contributed by atoms with Crippen LogP contribution in [-0.2, 0) is 4.79 Å². The van der Waals surface area contributed by atoms with Crippen LogP contribution in [0.2, 0.25) is 0 Å². The highest BCUT2D eigenvalue weighted by atomic mass is 16.2. The Kier molecular flexibility index (Phi) is 4.83. The van der Waals surface area contributed by atoms with Crippen molar-refractivity contribution < 1.29 is 4.79 Å². The first-order valence-corrected chi connectivity index (χ1v) is 7.20. The number of hydrogen-bond donors (Lipinski definition) is 0. The van der Waals surface area contributed by atoms with Crippen LogP contribution in [0, 0.1) is 0 Å². The average Bonchev–Trinajstić information content (AvgIpc) is 2.48. The summed E-state index contributed by atoms with van der Waals surface area (Å²) in [6, 6.07) is 10.5. The van der Waals surface area contributed by atoms with Gasteiger partial charge in [-0.15, -0.1) is 0 Å². The molecule has 19 heavy (non-hydrogen) atoms. The second-order valence-corrected chi connectivity index (χ2v) is 5.49. The number of carbonyl (C=O) groups is 1. The summed E-state index contributed by atoms with van der Waals surface area (Å²) in [5, 5.41) is 0. The number of hydrogen-bond acceptors (Lipinski definition) is 2. The molecule has 0 N–H and O–H groups in total. The van der Waals surface area contributed by atoms with Crippen molar-refractivity contribution in [2.45, 2.75) is 38.1 Å². The number of nitrogens with zero attached hydrogens (tertiary/aromatic N) is 2. The van der Waals surface area contributed by atoms with E-state index >= 15 is 0 Å². The Morgan fingerprint density at radius 2 is 1.74 bits per heavy atom. The van der Waals surface area contributed by atoms with Crippen LogP contribution in [0.5, 0.6) is 0 Å². The molecule has 0 aromatic heterocycles. The summed E-state index contributed by atoms with van der Waals surface area (Å²) in [5.41, 5.74) is 1.09. The van der Waals surface area contributed by atoms with E-state index in [0.717, 1.165) is 18.5 Å². The normalized spacial score (nSPS) is 16.1. The lowest BCUT2D eigenvalue weighted by Gasteiger charge is -2.32. The fourth-order valence-corrected chi connectivity index (χ4v) is 2.76. The van der Waals surface area contributed by atoms with Gasteiger partial charge >= 0.3 is 0 Å². The number of likely N-dealkylation sites (N-methyl/N-ethyl adjacent to an activating group) is 2. The molecule has 1 aromatic rings. The van der Waals surface area contributed by atoms with Crippen LogP contribution in [0.1, 0.15) is 32.1 Å². The van der Waals surface area contributed by atoms with Crippen LogP contribution >= 0.6 is 0 Å². The molecule has 1 aromatic carbocycles. The first kappa shape index (κ1) is 13.9. The maximum atomic E-state index is 12.3. The largest absolute Gasteiger partial charge is 0.365 e. The maximum Gasteiger partial charge on any atom is 0.242 e. The van der Waals surface area contributed by atoms with Gasteiger partial charge in [0.1, 0.15) is 0 Å². The van der Waals surface area contributed by atoms with Gasteiger partial charge in [-0.05, 0) is 25.0 Å². The topological polar surface area (TPSA) is 23.6 Å². The third-order valence-corrected chi connectivity index (χ3v) is 4.09. The number of rotatable bonds is 4. The third kappa shape index (κ3) is 3.72. The molecule has 0 heterocycles. The zero-order chi connectivity index (χ0) is 13.7. The molecule has 0 spiro atoms. The summed E-state index contributed by atoms with van der Waals surface area (Å²) >= 11 is 0. The lowest BCUT2D eigenvalue weighted by atomic mass is 9.94. The van der Waals surface area contributed by atoms with Gasteiger partial charge in [-0.25, -0.2) is 0 Å². The number of para-hydroxylation sites is 1. The van der Waals surface area contributed by atoms with Crippen LogP contribution in [0.25, 0.3) is 0 Å². The van der Waals surface area contributed by atoms with E-state index in [-0.39, 0.29) is 5.91 Å². The van der Waals surface area contributed by atoms with E-state index in [9.17, 15) is 4.79 Å². The van der Waals surface area contributed by atoms with E-state index < -0.39 is 0 Å². The summed E-state index contributed by atoms with van der Waals surface area (Å²) in [4.78, 5) is 16.3. The lowest BCUT2D eigenvalue weighted by molar-refractivity contribution is -0.131. The van der Waals surface area contributed by atoms with Crippen LogP contribution in [0.4, 0.5) is 5.69 Å². The molecule has 0 atom stereocenters. The second kappa shape index (κ2) is 6.60. The average molecular weight is 260 g/mol.